The van der Waals surface area contributed by atoms with Crippen LogP contribution in [0.1, 0.15) is 23.6 Å². The van der Waals surface area contributed by atoms with Gasteiger partial charge in [0, 0.05) is 17.7 Å². The van der Waals surface area contributed by atoms with Crippen LogP contribution in [0.4, 0.5) is 57.1 Å². The van der Waals surface area contributed by atoms with Crippen LogP contribution in [-0.2, 0) is 17.0 Å². The number of hydrogen-bond donors (Lipinski definition) is 0. The Morgan fingerprint density at radius 1 is 0.600 bits per heavy atom. The third-order valence-electron chi connectivity index (χ3n) is 6.12. The van der Waals surface area contributed by atoms with Crippen molar-refractivity contribution in [3.8, 4) is 28.0 Å². The quantitative estimate of drug-likeness (QED) is 0.139. The average Bonchev–Trinajstić information content (AvgIpc) is 2.90. The summed E-state index contributed by atoms with van der Waals surface area (Å²) in [4.78, 5) is 0. The summed E-state index contributed by atoms with van der Waals surface area (Å²) in [6, 6.07) is 3.63. The van der Waals surface area contributed by atoms with E-state index in [1.807, 2.05) is 0 Å². The molecule has 0 unspecified atom stereocenters. The second kappa shape index (κ2) is 12.4. The lowest BCUT2D eigenvalue weighted by Crippen LogP contribution is -2.25. The molecule has 0 aliphatic carbocycles. The molecule has 0 fully saturated rings. The largest absolute Gasteiger partial charge is 0.469 e. The fourth-order valence-electron chi connectivity index (χ4n) is 4.20. The van der Waals surface area contributed by atoms with Crippen LogP contribution in [0.15, 0.2) is 66.7 Å². The molecular weight excluding hydrogens is 639 g/mol. The molecule has 0 aliphatic rings. The summed E-state index contributed by atoms with van der Waals surface area (Å²) in [7, 11) is 0. The molecule has 0 aromatic heterocycles. The Morgan fingerprint density at radius 2 is 1.07 bits per heavy atom. The second-order valence-corrected chi connectivity index (χ2v) is 9.11. The van der Waals surface area contributed by atoms with Crippen LogP contribution in [0.5, 0.6) is 5.75 Å². The van der Waals surface area contributed by atoms with Gasteiger partial charge < -0.3 is 9.47 Å². The van der Waals surface area contributed by atoms with Crippen molar-refractivity contribution in [2.24, 2.45) is 0 Å². The van der Waals surface area contributed by atoms with Gasteiger partial charge in [-0.1, -0.05) is 24.3 Å². The minimum Gasteiger partial charge on any atom is -0.469 e. The number of benzene rings is 4. The first-order valence-corrected chi connectivity index (χ1v) is 12.4. The molecule has 0 atom stereocenters. The van der Waals surface area contributed by atoms with Crippen LogP contribution in [0.2, 0.25) is 0 Å². The van der Waals surface area contributed by atoms with E-state index in [1.165, 1.54) is 6.92 Å². The predicted octanol–water partition coefficient (Wildman–Crippen LogP) is 10.6. The first kappa shape index (κ1) is 33.2. The van der Waals surface area contributed by atoms with Gasteiger partial charge in [-0.2, -0.15) is 30.7 Å². The van der Waals surface area contributed by atoms with Crippen molar-refractivity contribution in [1.82, 2.24) is 0 Å². The molecule has 2 nitrogen and oxygen atoms in total. The van der Waals surface area contributed by atoms with Gasteiger partial charge in [-0.3, -0.25) is 0 Å². The van der Waals surface area contributed by atoms with Crippen LogP contribution < -0.4 is 4.74 Å². The molecule has 15 heteroatoms. The first-order valence-electron chi connectivity index (χ1n) is 12.4. The van der Waals surface area contributed by atoms with Gasteiger partial charge >= 0.3 is 18.3 Å². The molecule has 0 amide bonds. The molecule has 0 aliphatic heterocycles. The Labute approximate surface area is 244 Å². The Morgan fingerprint density at radius 3 is 1.53 bits per heavy atom. The zero-order valence-corrected chi connectivity index (χ0v) is 22.2. The summed E-state index contributed by atoms with van der Waals surface area (Å²) >= 11 is 0. The molecule has 0 bridgehead atoms. The monoisotopic (exact) mass is 654 g/mol. The topological polar surface area (TPSA) is 18.5 Å². The van der Waals surface area contributed by atoms with E-state index in [4.69, 9.17) is 0 Å². The van der Waals surface area contributed by atoms with Gasteiger partial charge in [0.25, 0.3) is 0 Å². The Bertz CT molecular complexity index is 1710. The average molecular weight is 654 g/mol. The Kier molecular flexibility index (Phi) is 9.12. The van der Waals surface area contributed by atoms with Crippen LogP contribution in [0.3, 0.4) is 0 Å². The summed E-state index contributed by atoms with van der Waals surface area (Å²) in [5.74, 6) is -14.6. The van der Waals surface area contributed by atoms with Gasteiger partial charge in [0.15, 0.2) is 0 Å². The zero-order valence-electron chi connectivity index (χ0n) is 22.2. The first-order chi connectivity index (χ1) is 20.9. The van der Waals surface area contributed by atoms with E-state index in [0.29, 0.717) is 12.1 Å². The van der Waals surface area contributed by atoms with Gasteiger partial charge in [0.05, 0.1) is 12.2 Å². The van der Waals surface area contributed by atoms with E-state index in [1.54, 1.807) is 0 Å². The van der Waals surface area contributed by atoms with Crippen LogP contribution >= 0.6 is 0 Å². The molecule has 0 heterocycles. The molecule has 4 aromatic rings. The highest BCUT2D eigenvalue weighted by atomic mass is 19.4. The number of rotatable bonds is 8. The molecule has 0 N–H and O–H groups in total. The zero-order chi connectivity index (χ0) is 33.4. The lowest BCUT2D eigenvalue weighted by Gasteiger charge is -2.20. The van der Waals surface area contributed by atoms with E-state index in [2.05, 4.69) is 9.47 Å². The third-order valence-corrected chi connectivity index (χ3v) is 6.12. The summed E-state index contributed by atoms with van der Waals surface area (Å²) < 4.78 is 191. The maximum atomic E-state index is 14.9. The lowest BCUT2D eigenvalue weighted by molar-refractivity contribution is -0.189. The SMILES string of the molecule is CCO/C(F)=C(\F)c1ccc(-c2cc(F)c(C(F)(F)Oc3cc(F)c(-c4cc(F)c(C(F)(F)F)c(F)c4)c(F)c3)c(F)c2)cc1. The van der Waals surface area contributed by atoms with Crippen LogP contribution in [0.25, 0.3) is 28.1 Å². The molecule has 4 aromatic carbocycles. The molecule has 238 valence electrons. The number of alkyl halides is 5. The van der Waals surface area contributed by atoms with Gasteiger partial charge in [-0.25, -0.2) is 26.3 Å². The van der Waals surface area contributed by atoms with Crippen molar-refractivity contribution in [3.05, 3.63) is 118 Å². The molecule has 4 rings (SSSR count). The Balaban J connectivity index is 1.63. The molecule has 0 saturated carbocycles. The summed E-state index contributed by atoms with van der Waals surface area (Å²) in [5.41, 5.74) is -7.37. The maximum absolute atomic E-state index is 14.9. The molecule has 0 spiro atoms. The van der Waals surface area contributed by atoms with Crippen molar-refractivity contribution in [2.45, 2.75) is 19.2 Å². The lowest BCUT2D eigenvalue weighted by atomic mass is 10.0. The van der Waals surface area contributed by atoms with Crippen molar-refractivity contribution in [2.75, 3.05) is 6.61 Å². The van der Waals surface area contributed by atoms with Crippen molar-refractivity contribution in [1.29, 1.82) is 0 Å². The van der Waals surface area contributed by atoms with Crippen molar-refractivity contribution >= 4 is 5.83 Å². The minimum atomic E-state index is -5.48. The van der Waals surface area contributed by atoms with Crippen molar-refractivity contribution < 1.29 is 66.5 Å². The summed E-state index contributed by atoms with van der Waals surface area (Å²) in [5, 5.41) is 0. The van der Waals surface area contributed by atoms with Crippen LogP contribution in [-0.4, -0.2) is 6.61 Å². The molecular formula is C30H15F13O2. The van der Waals surface area contributed by atoms with E-state index in [0.717, 1.165) is 24.3 Å². The molecule has 0 radical (unpaired) electrons. The van der Waals surface area contributed by atoms with E-state index in [9.17, 15) is 57.1 Å². The Hall–Kier alpha value is -4.69. The number of hydrogen-bond acceptors (Lipinski definition) is 2. The van der Waals surface area contributed by atoms with E-state index < -0.39 is 87.0 Å². The molecule has 45 heavy (non-hydrogen) atoms. The normalized spacial score (nSPS) is 12.7. The highest BCUT2D eigenvalue weighted by molar-refractivity contribution is 5.69. The van der Waals surface area contributed by atoms with Gasteiger partial charge in [-0.05, 0) is 47.9 Å². The predicted molar refractivity (Wildman–Crippen MR) is 134 cm³/mol. The summed E-state index contributed by atoms with van der Waals surface area (Å²) in [6.45, 7) is 1.24. The summed E-state index contributed by atoms with van der Waals surface area (Å²) in [6.07, 6.45) is -10.4. The smallest absolute Gasteiger partial charge is 0.432 e. The highest BCUT2D eigenvalue weighted by Gasteiger charge is 2.42. The standard InChI is InChI=1S/C30H15F13O2/c1-2-44-28(38)27(37)14-5-3-13(4-6-14)15-7-22(35)26(23(36)8-15)30(42,43)45-17-11-18(31)24(19(32)12-17)16-9-20(33)25(21(34)10-16)29(39,40)41/h3-12H,2H2,1H3/b28-27-. The van der Waals surface area contributed by atoms with Gasteiger partial charge in [0.2, 0.25) is 5.83 Å². The van der Waals surface area contributed by atoms with Crippen LogP contribution in [0, 0.1) is 34.9 Å². The van der Waals surface area contributed by atoms with E-state index in [-0.39, 0.29) is 47.6 Å². The van der Waals surface area contributed by atoms with Gasteiger partial charge in [0.1, 0.15) is 51.8 Å². The van der Waals surface area contributed by atoms with Gasteiger partial charge in [-0.15, -0.1) is 0 Å². The second-order valence-electron chi connectivity index (χ2n) is 9.11. The third kappa shape index (κ3) is 6.86. The maximum Gasteiger partial charge on any atom is 0.432 e. The molecule has 0 saturated heterocycles. The highest BCUT2D eigenvalue weighted by Crippen LogP contribution is 2.41. The number of ether oxygens (including phenoxy) is 2. The minimum absolute atomic E-state index is 0.0205. The van der Waals surface area contributed by atoms with E-state index >= 15 is 0 Å². The van der Waals surface area contributed by atoms with Crippen molar-refractivity contribution in [3.63, 3.8) is 0 Å². The number of halogens is 13. The fourth-order valence-corrected chi connectivity index (χ4v) is 4.20. The fraction of sp³-hybridized carbons (Fsp3) is 0.133.